The minimum absolute atomic E-state index is 0.184. The molecule has 0 saturated carbocycles. The Morgan fingerprint density at radius 1 is 1.16 bits per heavy atom. The van der Waals surface area contributed by atoms with Crippen LogP contribution in [-0.4, -0.2) is 33.7 Å². The van der Waals surface area contributed by atoms with Gasteiger partial charge in [0, 0.05) is 16.6 Å². The van der Waals surface area contributed by atoms with E-state index in [1.807, 2.05) is 57.3 Å². The van der Waals surface area contributed by atoms with Crippen molar-refractivity contribution in [1.29, 1.82) is 0 Å². The highest BCUT2D eigenvalue weighted by Gasteiger charge is 2.25. The quantitative estimate of drug-likeness (QED) is 0.316. The van der Waals surface area contributed by atoms with E-state index in [0.717, 1.165) is 33.5 Å². The molecule has 0 radical (unpaired) electrons. The van der Waals surface area contributed by atoms with Crippen molar-refractivity contribution in [3.8, 4) is 17.1 Å². The topological polar surface area (TPSA) is 127 Å². The molecule has 5 rings (SSSR count). The number of nitrogens with zero attached hydrogens (tertiary/aromatic N) is 3. The molecule has 3 heterocycles. The number of hydrogen-bond acceptors (Lipinski definition) is 7. The van der Waals surface area contributed by atoms with Crippen LogP contribution in [0.2, 0.25) is 0 Å². The normalized spacial score (nSPS) is 11.5. The van der Waals surface area contributed by atoms with Crippen LogP contribution in [-0.2, 0) is 0 Å². The minimum Gasteiger partial charge on any atom is -0.454 e. The first kappa shape index (κ1) is 19.8. The highest BCUT2D eigenvalue weighted by atomic mass is 16.3. The number of nitrogens with two attached hydrogens (primary N) is 1. The maximum atomic E-state index is 12.5. The number of anilines is 2. The Morgan fingerprint density at radius 3 is 2.69 bits per heavy atom. The van der Waals surface area contributed by atoms with Gasteiger partial charge in [0.2, 0.25) is 0 Å². The SMILES string of the molecule is CNCNc1ccc(-n2nc3c(=O)[nH]nc(N)c3c2-c2oc3ccc(C)cc3c2C)cc1. The maximum absolute atomic E-state index is 12.5. The molecule has 0 fully saturated rings. The largest absolute Gasteiger partial charge is 0.454 e. The molecule has 9 heteroatoms. The van der Waals surface area contributed by atoms with Gasteiger partial charge in [0.05, 0.1) is 17.7 Å². The van der Waals surface area contributed by atoms with Crippen LogP contribution in [0.5, 0.6) is 0 Å². The summed E-state index contributed by atoms with van der Waals surface area (Å²) >= 11 is 0. The molecule has 9 nitrogen and oxygen atoms in total. The highest BCUT2D eigenvalue weighted by molar-refractivity contribution is 6.02. The first-order valence-corrected chi connectivity index (χ1v) is 10.2. The van der Waals surface area contributed by atoms with Gasteiger partial charge in [-0.1, -0.05) is 11.6 Å². The molecule has 0 aliphatic carbocycles. The summed E-state index contributed by atoms with van der Waals surface area (Å²) in [5, 5.41) is 18.8. The maximum Gasteiger partial charge on any atom is 0.292 e. The third-order valence-corrected chi connectivity index (χ3v) is 5.52. The zero-order chi connectivity index (χ0) is 22.4. The molecule has 0 spiro atoms. The molecule has 32 heavy (non-hydrogen) atoms. The van der Waals surface area contributed by atoms with Gasteiger partial charge < -0.3 is 20.8 Å². The Morgan fingerprint density at radius 2 is 1.94 bits per heavy atom. The van der Waals surface area contributed by atoms with Crippen molar-refractivity contribution < 1.29 is 4.42 Å². The lowest BCUT2D eigenvalue weighted by atomic mass is 10.1. The van der Waals surface area contributed by atoms with E-state index in [9.17, 15) is 4.79 Å². The van der Waals surface area contributed by atoms with Crippen LogP contribution in [0.25, 0.3) is 39.0 Å². The smallest absolute Gasteiger partial charge is 0.292 e. The van der Waals surface area contributed by atoms with E-state index >= 15 is 0 Å². The van der Waals surface area contributed by atoms with E-state index in [0.29, 0.717) is 23.5 Å². The number of aryl methyl sites for hydroxylation is 2. The van der Waals surface area contributed by atoms with Gasteiger partial charge in [0.25, 0.3) is 5.56 Å². The van der Waals surface area contributed by atoms with Crippen molar-refractivity contribution in [1.82, 2.24) is 25.3 Å². The van der Waals surface area contributed by atoms with Crippen molar-refractivity contribution in [2.45, 2.75) is 13.8 Å². The fourth-order valence-corrected chi connectivity index (χ4v) is 3.91. The molecule has 0 atom stereocenters. The van der Waals surface area contributed by atoms with Crippen LogP contribution >= 0.6 is 0 Å². The van der Waals surface area contributed by atoms with E-state index in [2.05, 4.69) is 32.0 Å². The number of aromatic nitrogens is 4. The van der Waals surface area contributed by atoms with E-state index in [4.69, 9.17) is 10.2 Å². The van der Waals surface area contributed by atoms with Crippen molar-refractivity contribution in [3.63, 3.8) is 0 Å². The lowest BCUT2D eigenvalue weighted by molar-refractivity contribution is 0.622. The van der Waals surface area contributed by atoms with Crippen LogP contribution in [0.1, 0.15) is 11.1 Å². The van der Waals surface area contributed by atoms with Crippen LogP contribution in [0.15, 0.2) is 51.7 Å². The van der Waals surface area contributed by atoms with Gasteiger partial charge in [-0.25, -0.2) is 9.78 Å². The number of aromatic amines is 1. The number of rotatable bonds is 5. The second-order valence-electron chi connectivity index (χ2n) is 7.73. The van der Waals surface area contributed by atoms with Crippen molar-refractivity contribution in [3.05, 3.63) is 63.9 Å². The predicted octanol–water partition coefficient (Wildman–Crippen LogP) is 3.31. The molecule has 3 aromatic heterocycles. The molecule has 0 aliphatic heterocycles. The second-order valence-corrected chi connectivity index (χ2v) is 7.73. The summed E-state index contributed by atoms with van der Waals surface area (Å²) in [5.74, 6) is 0.786. The summed E-state index contributed by atoms with van der Waals surface area (Å²) in [4.78, 5) is 12.5. The molecular weight excluding hydrogens is 406 g/mol. The number of nitrogen functional groups attached to an aromatic ring is 1. The Labute approximate surface area is 183 Å². The van der Waals surface area contributed by atoms with Crippen LogP contribution in [0, 0.1) is 13.8 Å². The van der Waals surface area contributed by atoms with Gasteiger partial charge in [-0.05, 0) is 57.3 Å². The standard InChI is InChI=1S/C23H23N7O2/c1-12-4-9-17-16(10-12)13(2)21(32-17)20-18-19(23(31)28-27-22(18)24)29-30(20)15-7-5-14(6-8-15)26-11-25-3/h4-10,25-26H,11H2,1-3H3,(H2,24,27)(H,28,31). The van der Waals surface area contributed by atoms with Gasteiger partial charge in [0.15, 0.2) is 17.1 Å². The third-order valence-electron chi connectivity index (χ3n) is 5.52. The monoisotopic (exact) mass is 429 g/mol. The summed E-state index contributed by atoms with van der Waals surface area (Å²) in [6, 6.07) is 13.8. The lowest BCUT2D eigenvalue weighted by Crippen LogP contribution is -2.16. The van der Waals surface area contributed by atoms with Crippen molar-refractivity contribution in [2.75, 3.05) is 24.8 Å². The van der Waals surface area contributed by atoms with Crippen LogP contribution in [0.3, 0.4) is 0 Å². The number of benzene rings is 2. The van der Waals surface area contributed by atoms with E-state index in [1.165, 1.54) is 0 Å². The van der Waals surface area contributed by atoms with Crippen LogP contribution < -0.4 is 21.9 Å². The highest BCUT2D eigenvalue weighted by Crippen LogP contribution is 2.39. The van der Waals surface area contributed by atoms with Gasteiger partial charge in [-0.15, -0.1) is 0 Å². The summed E-state index contributed by atoms with van der Waals surface area (Å²) in [6.45, 7) is 4.67. The van der Waals surface area contributed by atoms with E-state index in [1.54, 1.807) is 4.68 Å². The number of H-pyrrole nitrogens is 1. The number of nitrogens with one attached hydrogen (secondary N) is 3. The lowest BCUT2D eigenvalue weighted by Gasteiger charge is -2.09. The fraction of sp³-hybridized carbons (Fsp3) is 0.174. The second kappa shape index (κ2) is 7.54. The number of furan rings is 1. The number of hydrogen-bond donors (Lipinski definition) is 4. The van der Waals surface area contributed by atoms with Gasteiger partial charge >= 0.3 is 0 Å². The Balaban J connectivity index is 1.79. The van der Waals surface area contributed by atoms with E-state index in [-0.39, 0.29) is 11.3 Å². The van der Waals surface area contributed by atoms with Gasteiger partial charge in [0.1, 0.15) is 11.3 Å². The molecular formula is C23H23N7O2. The third kappa shape index (κ3) is 3.10. The molecule has 0 bridgehead atoms. The van der Waals surface area contributed by atoms with Crippen molar-refractivity contribution >= 4 is 33.4 Å². The summed E-state index contributed by atoms with van der Waals surface area (Å²) in [6.07, 6.45) is 0. The minimum atomic E-state index is -0.411. The van der Waals surface area contributed by atoms with Gasteiger partial charge in [-0.3, -0.25) is 4.79 Å². The molecule has 0 saturated heterocycles. The van der Waals surface area contributed by atoms with Crippen molar-refractivity contribution in [2.24, 2.45) is 0 Å². The Bertz CT molecular complexity index is 1510. The van der Waals surface area contributed by atoms with Gasteiger partial charge in [-0.2, -0.15) is 10.2 Å². The summed E-state index contributed by atoms with van der Waals surface area (Å²) < 4.78 is 7.95. The zero-order valence-corrected chi connectivity index (χ0v) is 18.0. The first-order valence-electron chi connectivity index (χ1n) is 10.2. The summed E-state index contributed by atoms with van der Waals surface area (Å²) in [7, 11) is 1.87. The molecule has 5 N–H and O–H groups in total. The molecule has 0 aliphatic rings. The molecule has 0 amide bonds. The fourth-order valence-electron chi connectivity index (χ4n) is 3.91. The first-order chi connectivity index (χ1) is 15.5. The average Bonchev–Trinajstić information content (AvgIpc) is 3.34. The molecule has 162 valence electrons. The Kier molecular flexibility index (Phi) is 4.67. The molecule has 2 aromatic carbocycles. The predicted molar refractivity (Wildman–Crippen MR) is 126 cm³/mol. The summed E-state index contributed by atoms with van der Waals surface area (Å²) in [5.41, 5.74) is 11.2. The van der Waals surface area contributed by atoms with Crippen LogP contribution in [0.4, 0.5) is 11.5 Å². The number of fused-ring (bicyclic) bond motifs is 2. The zero-order valence-electron chi connectivity index (χ0n) is 18.0. The van der Waals surface area contributed by atoms with E-state index < -0.39 is 5.56 Å². The average molecular weight is 429 g/mol. The molecule has 5 aromatic rings. The molecule has 0 unspecified atom stereocenters. The Hall–Kier alpha value is -4.11.